The number of methoxy groups -OCH3 is 1. The summed E-state index contributed by atoms with van der Waals surface area (Å²) in [6.07, 6.45) is 0.953. The van der Waals surface area contributed by atoms with Crippen LogP contribution < -0.4 is 0 Å². The van der Waals surface area contributed by atoms with Crippen molar-refractivity contribution in [1.29, 1.82) is 0 Å². The lowest BCUT2D eigenvalue weighted by molar-refractivity contribution is 0.0594. The Bertz CT molecular complexity index is 629. The molecule has 1 aliphatic rings. The Hall–Kier alpha value is -1.95. The van der Waals surface area contributed by atoms with E-state index in [1.807, 2.05) is 17.7 Å². The Labute approximate surface area is 110 Å². The zero-order valence-corrected chi connectivity index (χ0v) is 10.9. The molecule has 0 aliphatic carbocycles. The molecule has 2 aromatic rings. The van der Waals surface area contributed by atoms with E-state index in [2.05, 4.69) is 14.8 Å². The van der Waals surface area contributed by atoms with Crippen molar-refractivity contribution in [1.82, 2.24) is 14.8 Å². The molecular weight excluding hydrogens is 246 g/mol. The van der Waals surface area contributed by atoms with Crippen molar-refractivity contribution in [2.24, 2.45) is 0 Å². The van der Waals surface area contributed by atoms with Gasteiger partial charge in [-0.1, -0.05) is 0 Å². The van der Waals surface area contributed by atoms with Crippen molar-refractivity contribution in [3.05, 3.63) is 23.5 Å². The van der Waals surface area contributed by atoms with Crippen LogP contribution in [0.15, 0.2) is 12.1 Å². The van der Waals surface area contributed by atoms with Crippen molar-refractivity contribution < 1.29 is 14.3 Å². The van der Waals surface area contributed by atoms with Crippen molar-refractivity contribution in [2.45, 2.75) is 19.4 Å². The Kier molecular flexibility index (Phi) is 2.94. The lowest BCUT2D eigenvalue weighted by Crippen LogP contribution is -2.10. The molecule has 6 heteroatoms. The zero-order valence-electron chi connectivity index (χ0n) is 10.9. The lowest BCUT2D eigenvalue weighted by Gasteiger charge is -2.09. The van der Waals surface area contributed by atoms with E-state index >= 15 is 0 Å². The van der Waals surface area contributed by atoms with Crippen LogP contribution >= 0.6 is 0 Å². The minimum absolute atomic E-state index is 0.252. The van der Waals surface area contributed by atoms with Crippen LogP contribution in [-0.2, 0) is 9.47 Å². The summed E-state index contributed by atoms with van der Waals surface area (Å²) in [4.78, 5) is 15.8. The maximum absolute atomic E-state index is 11.5. The highest BCUT2D eigenvalue weighted by Crippen LogP contribution is 2.25. The minimum Gasteiger partial charge on any atom is -0.464 e. The van der Waals surface area contributed by atoms with E-state index in [1.54, 1.807) is 6.07 Å². The predicted octanol–water partition coefficient (Wildman–Crippen LogP) is 1.49. The topological polar surface area (TPSA) is 66.2 Å². The Morgan fingerprint density at radius 2 is 2.37 bits per heavy atom. The third-order valence-corrected chi connectivity index (χ3v) is 3.37. The fourth-order valence-corrected chi connectivity index (χ4v) is 2.38. The van der Waals surface area contributed by atoms with Crippen LogP contribution in [0.2, 0.25) is 0 Å². The van der Waals surface area contributed by atoms with Crippen LogP contribution in [0, 0.1) is 6.92 Å². The van der Waals surface area contributed by atoms with Gasteiger partial charge >= 0.3 is 5.97 Å². The quantitative estimate of drug-likeness (QED) is 0.766. The van der Waals surface area contributed by atoms with E-state index in [9.17, 15) is 4.79 Å². The normalized spacial score (nSPS) is 18.9. The van der Waals surface area contributed by atoms with Crippen molar-refractivity contribution in [2.75, 3.05) is 20.3 Å². The van der Waals surface area contributed by atoms with Crippen molar-refractivity contribution in [3.8, 4) is 0 Å². The van der Waals surface area contributed by atoms with E-state index in [1.165, 1.54) is 7.11 Å². The maximum atomic E-state index is 11.5. The molecule has 6 nitrogen and oxygen atoms in total. The fourth-order valence-electron chi connectivity index (χ4n) is 2.38. The second kappa shape index (κ2) is 4.62. The van der Waals surface area contributed by atoms with Gasteiger partial charge in [0.15, 0.2) is 0 Å². The van der Waals surface area contributed by atoms with Crippen LogP contribution in [-0.4, -0.2) is 41.1 Å². The fraction of sp³-hybridized carbons (Fsp3) is 0.462. The number of esters is 1. The highest BCUT2D eigenvalue weighted by Gasteiger charge is 2.22. The first-order chi connectivity index (χ1) is 9.20. The van der Waals surface area contributed by atoms with Gasteiger partial charge in [-0.15, -0.1) is 0 Å². The summed E-state index contributed by atoms with van der Waals surface area (Å²) in [5, 5.41) is 4.52. The zero-order chi connectivity index (χ0) is 13.4. The average Bonchev–Trinajstić information content (AvgIpc) is 3.06. The van der Waals surface area contributed by atoms with Gasteiger partial charge in [0, 0.05) is 6.61 Å². The number of carbonyl (C=O) groups excluding carboxylic acids is 1. The monoisotopic (exact) mass is 261 g/mol. The Morgan fingerprint density at radius 3 is 3.05 bits per heavy atom. The number of carbonyl (C=O) groups is 1. The molecule has 0 N–H and O–H groups in total. The van der Waals surface area contributed by atoms with Crippen LogP contribution in [0.4, 0.5) is 0 Å². The number of aromatic nitrogens is 3. The Morgan fingerprint density at radius 1 is 1.53 bits per heavy atom. The number of aryl methyl sites for hydroxylation is 1. The van der Waals surface area contributed by atoms with E-state index in [-0.39, 0.29) is 6.04 Å². The van der Waals surface area contributed by atoms with Crippen molar-refractivity contribution >= 4 is 17.0 Å². The van der Waals surface area contributed by atoms with Crippen molar-refractivity contribution in [3.63, 3.8) is 0 Å². The molecule has 0 saturated carbocycles. The van der Waals surface area contributed by atoms with E-state index in [0.29, 0.717) is 12.3 Å². The first-order valence-electron chi connectivity index (χ1n) is 6.22. The molecule has 0 bridgehead atoms. The molecule has 0 spiro atoms. The summed E-state index contributed by atoms with van der Waals surface area (Å²) in [6.45, 7) is 3.33. The van der Waals surface area contributed by atoms with Gasteiger partial charge in [-0.05, 0) is 25.5 Å². The molecule has 0 amide bonds. The second-order valence-electron chi connectivity index (χ2n) is 4.60. The van der Waals surface area contributed by atoms with Gasteiger partial charge in [-0.3, -0.25) is 4.68 Å². The summed E-state index contributed by atoms with van der Waals surface area (Å²) in [5.74, 6) is -0.432. The number of rotatable bonds is 2. The highest BCUT2D eigenvalue weighted by molar-refractivity contribution is 5.90. The number of hydrogen-bond acceptors (Lipinski definition) is 5. The van der Waals surface area contributed by atoms with E-state index in [0.717, 1.165) is 29.8 Å². The molecule has 100 valence electrons. The number of ether oxygens (including phenoxy) is 2. The SMILES string of the molecule is COC(=O)c1ccc2c(n1)c(C)nn2C1CCOC1. The van der Waals surface area contributed by atoms with Gasteiger partial charge in [0.05, 0.1) is 31.0 Å². The summed E-state index contributed by atoms with van der Waals surface area (Å²) < 4.78 is 12.0. The molecule has 19 heavy (non-hydrogen) atoms. The van der Waals surface area contributed by atoms with E-state index < -0.39 is 5.97 Å². The first-order valence-corrected chi connectivity index (χ1v) is 6.22. The molecule has 1 saturated heterocycles. The van der Waals surface area contributed by atoms with Gasteiger partial charge in [-0.2, -0.15) is 5.10 Å². The first kappa shape index (κ1) is 12.1. The minimum atomic E-state index is -0.432. The molecule has 1 atom stereocenters. The summed E-state index contributed by atoms with van der Waals surface area (Å²) in [5.41, 5.74) is 2.79. The molecule has 1 aliphatic heterocycles. The van der Waals surface area contributed by atoms with Gasteiger partial charge < -0.3 is 9.47 Å². The third kappa shape index (κ3) is 1.98. The maximum Gasteiger partial charge on any atom is 0.356 e. The smallest absolute Gasteiger partial charge is 0.356 e. The molecule has 3 heterocycles. The largest absolute Gasteiger partial charge is 0.464 e. The molecular formula is C13H15N3O3. The lowest BCUT2D eigenvalue weighted by atomic mass is 10.2. The molecule has 3 rings (SSSR count). The number of nitrogens with zero attached hydrogens (tertiary/aromatic N) is 3. The molecule has 1 unspecified atom stereocenters. The van der Waals surface area contributed by atoms with Crippen LogP contribution in [0.5, 0.6) is 0 Å². The molecule has 2 aromatic heterocycles. The second-order valence-corrected chi connectivity index (χ2v) is 4.60. The Balaban J connectivity index is 2.09. The summed E-state index contributed by atoms with van der Waals surface area (Å²) in [6, 6.07) is 3.79. The molecule has 0 radical (unpaired) electrons. The highest BCUT2D eigenvalue weighted by atomic mass is 16.5. The van der Waals surface area contributed by atoms with Crippen LogP contribution in [0.3, 0.4) is 0 Å². The van der Waals surface area contributed by atoms with Gasteiger partial charge in [0.2, 0.25) is 0 Å². The number of pyridine rings is 1. The standard InChI is InChI=1S/C13H15N3O3/c1-8-12-11(4-3-10(14-12)13(17)18-2)16(15-8)9-5-6-19-7-9/h3-4,9H,5-7H2,1-2H3. The molecule has 1 fully saturated rings. The third-order valence-electron chi connectivity index (χ3n) is 3.37. The summed E-state index contributed by atoms with van der Waals surface area (Å²) >= 11 is 0. The summed E-state index contributed by atoms with van der Waals surface area (Å²) in [7, 11) is 1.35. The molecule has 0 aromatic carbocycles. The number of hydrogen-bond donors (Lipinski definition) is 0. The van der Waals surface area contributed by atoms with Crippen LogP contribution in [0.25, 0.3) is 11.0 Å². The van der Waals surface area contributed by atoms with Gasteiger partial charge in [-0.25, -0.2) is 9.78 Å². The van der Waals surface area contributed by atoms with Crippen LogP contribution in [0.1, 0.15) is 28.6 Å². The average molecular weight is 261 g/mol. The predicted molar refractivity (Wildman–Crippen MR) is 68.1 cm³/mol. The van der Waals surface area contributed by atoms with Gasteiger partial charge in [0.1, 0.15) is 11.2 Å². The number of fused-ring (bicyclic) bond motifs is 1. The van der Waals surface area contributed by atoms with E-state index in [4.69, 9.17) is 4.74 Å². The van der Waals surface area contributed by atoms with Gasteiger partial charge in [0.25, 0.3) is 0 Å².